The molecule has 0 aromatic carbocycles. The van der Waals surface area contributed by atoms with Gasteiger partial charge in [-0.2, -0.15) is 0 Å². The average Bonchev–Trinajstić information content (AvgIpc) is 2.20. The van der Waals surface area contributed by atoms with Crippen LogP contribution in [0.3, 0.4) is 0 Å². The van der Waals surface area contributed by atoms with Gasteiger partial charge in [-0.05, 0) is 18.9 Å². The molecule has 0 saturated heterocycles. The van der Waals surface area contributed by atoms with E-state index in [1.807, 2.05) is 6.07 Å². The highest BCUT2D eigenvalue weighted by Gasteiger charge is 1.97. The first-order valence-electron chi connectivity index (χ1n) is 4.92. The first-order chi connectivity index (χ1) is 7.20. The molecule has 15 heavy (non-hydrogen) atoms. The van der Waals surface area contributed by atoms with Crippen molar-refractivity contribution in [1.82, 2.24) is 4.98 Å². The largest absolute Gasteiger partial charge is 0.396 e. The monoisotopic (exact) mass is 208 g/mol. The van der Waals surface area contributed by atoms with Gasteiger partial charge in [-0.25, -0.2) is 0 Å². The van der Waals surface area contributed by atoms with Gasteiger partial charge in [0.05, 0.1) is 17.6 Å². The molecule has 1 aromatic rings. The number of rotatable bonds is 6. The number of aromatic nitrogens is 1. The minimum Gasteiger partial charge on any atom is -0.396 e. The van der Waals surface area contributed by atoms with Crippen molar-refractivity contribution in [3.05, 3.63) is 18.5 Å². The standard InChI is InChI=1S/C10H16N4O/c11-8-7-13-6-4-9(8)14-5-2-1-3-10(12)15/h4,6-7H,1-3,5,11H2,(H2,12,15)(H,13,14). The number of unbranched alkanes of at least 4 members (excludes halogenated alkanes) is 1. The van der Waals surface area contributed by atoms with Crippen LogP contribution in [0.25, 0.3) is 0 Å². The minimum atomic E-state index is -0.251. The second-order valence-electron chi connectivity index (χ2n) is 3.31. The summed E-state index contributed by atoms with van der Waals surface area (Å²) in [5.41, 5.74) is 12.2. The first-order valence-corrected chi connectivity index (χ1v) is 4.92. The third-order valence-electron chi connectivity index (χ3n) is 2.02. The van der Waals surface area contributed by atoms with E-state index in [0.717, 1.165) is 25.1 Å². The summed E-state index contributed by atoms with van der Waals surface area (Å²) >= 11 is 0. The van der Waals surface area contributed by atoms with E-state index < -0.39 is 0 Å². The molecule has 0 unspecified atom stereocenters. The second kappa shape index (κ2) is 5.85. The second-order valence-corrected chi connectivity index (χ2v) is 3.31. The molecule has 0 aliphatic heterocycles. The molecule has 0 radical (unpaired) electrons. The number of carbonyl (C=O) groups is 1. The summed E-state index contributed by atoms with van der Waals surface area (Å²) in [5, 5.41) is 3.17. The molecular weight excluding hydrogens is 192 g/mol. The Morgan fingerprint density at radius 3 is 2.93 bits per heavy atom. The van der Waals surface area contributed by atoms with Crippen molar-refractivity contribution in [1.29, 1.82) is 0 Å². The topological polar surface area (TPSA) is 94.0 Å². The van der Waals surface area contributed by atoms with E-state index in [1.54, 1.807) is 12.4 Å². The SMILES string of the molecule is NC(=O)CCCCNc1ccncc1N. The van der Waals surface area contributed by atoms with Gasteiger partial charge in [0.25, 0.3) is 0 Å². The molecule has 1 aromatic heterocycles. The molecule has 0 aliphatic rings. The van der Waals surface area contributed by atoms with E-state index in [1.165, 1.54) is 0 Å². The number of hydrogen-bond acceptors (Lipinski definition) is 4. The molecule has 5 heteroatoms. The Hall–Kier alpha value is -1.78. The van der Waals surface area contributed by atoms with Gasteiger partial charge in [0, 0.05) is 19.2 Å². The molecule has 0 aliphatic carbocycles. The number of nitrogens with one attached hydrogen (secondary N) is 1. The molecule has 1 heterocycles. The molecular formula is C10H16N4O. The number of primary amides is 1. The van der Waals surface area contributed by atoms with Gasteiger partial charge in [-0.3, -0.25) is 9.78 Å². The summed E-state index contributed by atoms with van der Waals surface area (Å²) in [6.45, 7) is 0.779. The van der Waals surface area contributed by atoms with Crippen molar-refractivity contribution in [2.45, 2.75) is 19.3 Å². The van der Waals surface area contributed by atoms with Gasteiger partial charge in [-0.15, -0.1) is 0 Å². The Bertz CT molecular complexity index is 327. The fraction of sp³-hybridized carbons (Fsp3) is 0.400. The number of nitrogens with two attached hydrogens (primary N) is 2. The summed E-state index contributed by atoms with van der Waals surface area (Å²) in [6, 6.07) is 1.82. The number of hydrogen-bond donors (Lipinski definition) is 3. The highest BCUT2D eigenvalue weighted by Crippen LogP contribution is 2.14. The quantitative estimate of drug-likeness (QED) is 0.601. The molecule has 0 atom stereocenters. The minimum absolute atomic E-state index is 0.251. The van der Waals surface area contributed by atoms with Gasteiger partial charge < -0.3 is 16.8 Å². The molecule has 82 valence electrons. The van der Waals surface area contributed by atoms with Gasteiger partial charge in [-0.1, -0.05) is 0 Å². The Morgan fingerprint density at radius 2 is 2.27 bits per heavy atom. The lowest BCUT2D eigenvalue weighted by atomic mass is 10.2. The maximum Gasteiger partial charge on any atom is 0.217 e. The van der Waals surface area contributed by atoms with Crippen LogP contribution < -0.4 is 16.8 Å². The third-order valence-corrected chi connectivity index (χ3v) is 2.02. The van der Waals surface area contributed by atoms with Crippen molar-refractivity contribution in [2.75, 3.05) is 17.6 Å². The summed E-state index contributed by atoms with van der Waals surface area (Å²) < 4.78 is 0. The number of nitrogen functional groups attached to an aromatic ring is 1. The summed E-state index contributed by atoms with van der Waals surface area (Å²) in [7, 11) is 0. The van der Waals surface area contributed by atoms with Crippen LogP contribution >= 0.6 is 0 Å². The van der Waals surface area contributed by atoms with Crippen LogP contribution in [0.5, 0.6) is 0 Å². The van der Waals surface area contributed by atoms with Crippen LogP contribution in [0.4, 0.5) is 11.4 Å². The highest BCUT2D eigenvalue weighted by atomic mass is 16.1. The van der Waals surface area contributed by atoms with Crippen molar-refractivity contribution >= 4 is 17.3 Å². The molecule has 1 amide bonds. The number of anilines is 2. The Labute approximate surface area is 88.9 Å². The summed E-state index contributed by atoms with van der Waals surface area (Å²) in [5.74, 6) is -0.251. The lowest BCUT2D eigenvalue weighted by Crippen LogP contribution is -2.11. The summed E-state index contributed by atoms with van der Waals surface area (Å²) in [6.07, 6.45) is 5.42. The number of pyridine rings is 1. The van der Waals surface area contributed by atoms with Gasteiger partial charge in [0.15, 0.2) is 0 Å². The fourth-order valence-corrected chi connectivity index (χ4v) is 1.21. The molecule has 0 fully saturated rings. The summed E-state index contributed by atoms with van der Waals surface area (Å²) in [4.78, 5) is 14.3. The van der Waals surface area contributed by atoms with E-state index in [4.69, 9.17) is 11.5 Å². The normalized spacial score (nSPS) is 9.87. The smallest absolute Gasteiger partial charge is 0.217 e. The zero-order chi connectivity index (χ0) is 11.1. The molecule has 1 rings (SSSR count). The number of amides is 1. The van der Waals surface area contributed by atoms with Crippen LogP contribution in [0.2, 0.25) is 0 Å². The van der Waals surface area contributed by atoms with Crippen LogP contribution in [-0.4, -0.2) is 17.4 Å². The van der Waals surface area contributed by atoms with Crippen LogP contribution in [0.1, 0.15) is 19.3 Å². The van der Waals surface area contributed by atoms with E-state index in [2.05, 4.69) is 10.3 Å². The van der Waals surface area contributed by atoms with Crippen molar-refractivity contribution in [3.63, 3.8) is 0 Å². The lowest BCUT2D eigenvalue weighted by Gasteiger charge is -2.07. The van der Waals surface area contributed by atoms with E-state index >= 15 is 0 Å². The number of carbonyl (C=O) groups excluding carboxylic acids is 1. The van der Waals surface area contributed by atoms with Gasteiger partial charge >= 0.3 is 0 Å². The Balaban J connectivity index is 2.21. The van der Waals surface area contributed by atoms with Crippen LogP contribution in [0, 0.1) is 0 Å². The van der Waals surface area contributed by atoms with Crippen LogP contribution in [-0.2, 0) is 4.79 Å². The van der Waals surface area contributed by atoms with E-state index in [0.29, 0.717) is 12.1 Å². The first kappa shape index (κ1) is 11.3. The molecule has 0 saturated carbocycles. The number of nitrogens with zero attached hydrogens (tertiary/aromatic N) is 1. The average molecular weight is 208 g/mol. The van der Waals surface area contributed by atoms with Gasteiger partial charge in [0.1, 0.15) is 0 Å². The van der Waals surface area contributed by atoms with Gasteiger partial charge in [0.2, 0.25) is 5.91 Å². The zero-order valence-corrected chi connectivity index (χ0v) is 8.57. The highest BCUT2D eigenvalue weighted by molar-refractivity contribution is 5.73. The molecule has 5 nitrogen and oxygen atoms in total. The fourth-order valence-electron chi connectivity index (χ4n) is 1.21. The zero-order valence-electron chi connectivity index (χ0n) is 8.57. The van der Waals surface area contributed by atoms with Crippen molar-refractivity contribution in [2.24, 2.45) is 5.73 Å². The predicted octanol–water partition coefficient (Wildman–Crippen LogP) is 0.731. The molecule has 5 N–H and O–H groups in total. The van der Waals surface area contributed by atoms with E-state index in [-0.39, 0.29) is 5.91 Å². The molecule has 0 bridgehead atoms. The lowest BCUT2D eigenvalue weighted by molar-refractivity contribution is -0.118. The molecule has 0 spiro atoms. The van der Waals surface area contributed by atoms with E-state index in [9.17, 15) is 4.79 Å². The van der Waals surface area contributed by atoms with Crippen LogP contribution in [0.15, 0.2) is 18.5 Å². The third kappa shape index (κ3) is 4.30. The Morgan fingerprint density at radius 1 is 1.47 bits per heavy atom. The Kier molecular flexibility index (Phi) is 4.40. The maximum absolute atomic E-state index is 10.5. The van der Waals surface area contributed by atoms with Crippen molar-refractivity contribution < 1.29 is 4.79 Å². The van der Waals surface area contributed by atoms with Crippen molar-refractivity contribution in [3.8, 4) is 0 Å². The predicted molar refractivity (Wildman–Crippen MR) is 60.2 cm³/mol. The maximum atomic E-state index is 10.5.